The standard InChI is InChI=1S/C23H35NO3Si/c1-23(2,28(3,4)27)16-18-11-6-5-10-17(18)12-9-15-24-21(25)19-13-7-8-14-20(19)22(24)26/h7-8,13-14,17-18,27H,5-6,9-12,15-16H2,1-4H3/t17-,18+/m0/s1. The van der Waals surface area contributed by atoms with Gasteiger partial charge in [-0.15, -0.1) is 0 Å². The zero-order valence-electron chi connectivity index (χ0n) is 17.8. The second kappa shape index (κ2) is 8.11. The Morgan fingerprint density at radius 2 is 1.57 bits per heavy atom. The van der Waals surface area contributed by atoms with Gasteiger partial charge in [-0.05, 0) is 61.4 Å². The Morgan fingerprint density at radius 1 is 1.04 bits per heavy atom. The number of rotatable bonds is 7. The van der Waals surface area contributed by atoms with Crippen LogP contribution in [0.15, 0.2) is 24.3 Å². The van der Waals surface area contributed by atoms with E-state index in [4.69, 9.17) is 0 Å². The molecule has 28 heavy (non-hydrogen) atoms. The van der Waals surface area contributed by atoms with E-state index in [0.717, 1.165) is 19.3 Å². The molecule has 2 aliphatic rings. The molecular formula is C23H35NO3Si. The predicted octanol–water partition coefficient (Wildman–Crippen LogP) is 5.24. The average Bonchev–Trinajstić information content (AvgIpc) is 2.87. The lowest BCUT2D eigenvalue weighted by Crippen LogP contribution is -2.41. The summed E-state index contributed by atoms with van der Waals surface area (Å²) >= 11 is 0. The van der Waals surface area contributed by atoms with Crippen molar-refractivity contribution in [1.29, 1.82) is 0 Å². The maximum Gasteiger partial charge on any atom is 0.261 e. The number of hydrogen-bond donors (Lipinski definition) is 1. The Bertz CT molecular complexity index is 703. The van der Waals surface area contributed by atoms with Crippen LogP contribution in [0.5, 0.6) is 0 Å². The topological polar surface area (TPSA) is 57.6 Å². The van der Waals surface area contributed by atoms with E-state index in [0.29, 0.717) is 29.5 Å². The molecule has 4 nitrogen and oxygen atoms in total. The van der Waals surface area contributed by atoms with Gasteiger partial charge >= 0.3 is 0 Å². The number of fused-ring (bicyclic) bond motifs is 1. The minimum atomic E-state index is -2.20. The molecule has 1 aliphatic carbocycles. The number of carbonyl (C=O) groups excluding carboxylic acids is 2. The van der Waals surface area contributed by atoms with Gasteiger partial charge in [0.25, 0.3) is 11.8 Å². The molecule has 3 rings (SSSR count). The van der Waals surface area contributed by atoms with Crippen LogP contribution >= 0.6 is 0 Å². The fourth-order valence-electron chi connectivity index (χ4n) is 4.79. The van der Waals surface area contributed by atoms with Crippen LogP contribution in [-0.2, 0) is 0 Å². The maximum atomic E-state index is 12.5. The molecule has 1 aromatic carbocycles. The van der Waals surface area contributed by atoms with Gasteiger partial charge in [0.1, 0.15) is 0 Å². The molecule has 1 heterocycles. The zero-order valence-corrected chi connectivity index (χ0v) is 18.8. The highest BCUT2D eigenvalue weighted by Crippen LogP contribution is 2.47. The van der Waals surface area contributed by atoms with Gasteiger partial charge in [0.15, 0.2) is 8.32 Å². The van der Waals surface area contributed by atoms with Gasteiger partial charge in [-0.2, -0.15) is 0 Å². The third-order valence-corrected chi connectivity index (χ3v) is 10.8. The van der Waals surface area contributed by atoms with Gasteiger partial charge in [0.05, 0.1) is 11.1 Å². The number of imide groups is 1. The molecule has 0 unspecified atom stereocenters. The highest BCUT2D eigenvalue weighted by molar-refractivity contribution is 6.72. The van der Waals surface area contributed by atoms with Crippen LogP contribution in [0.1, 0.15) is 79.5 Å². The predicted molar refractivity (Wildman–Crippen MR) is 115 cm³/mol. The Balaban J connectivity index is 1.58. The van der Waals surface area contributed by atoms with E-state index in [-0.39, 0.29) is 16.9 Å². The first-order valence-corrected chi connectivity index (χ1v) is 13.7. The van der Waals surface area contributed by atoms with Crippen LogP contribution in [0.2, 0.25) is 18.1 Å². The molecule has 1 aromatic rings. The number of nitrogens with zero attached hydrogens (tertiary/aromatic N) is 1. The Morgan fingerprint density at radius 3 is 2.11 bits per heavy atom. The summed E-state index contributed by atoms with van der Waals surface area (Å²) in [5.41, 5.74) is 1.08. The second-order valence-electron chi connectivity index (χ2n) is 9.90. The highest BCUT2D eigenvalue weighted by atomic mass is 28.4. The first-order chi connectivity index (χ1) is 13.1. The van der Waals surface area contributed by atoms with Crippen LogP contribution in [0.4, 0.5) is 0 Å². The Hall–Kier alpha value is -1.46. The Kier molecular flexibility index (Phi) is 6.16. The molecule has 1 saturated carbocycles. The van der Waals surface area contributed by atoms with E-state index in [1.54, 1.807) is 12.1 Å². The van der Waals surface area contributed by atoms with Gasteiger partial charge in [0, 0.05) is 6.54 Å². The highest BCUT2D eigenvalue weighted by Gasteiger charge is 2.41. The van der Waals surface area contributed by atoms with E-state index in [1.807, 2.05) is 25.2 Å². The van der Waals surface area contributed by atoms with Gasteiger partial charge in [-0.25, -0.2) is 0 Å². The minimum Gasteiger partial charge on any atom is -0.432 e. The number of hydrogen-bond acceptors (Lipinski definition) is 3. The summed E-state index contributed by atoms with van der Waals surface area (Å²) in [4.78, 5) is 37.2. The minimum absolute atomic E-state index is 0.00971. The van der Waals surface area contributed by atoms with Crippen molar-refractivity contribution >= 4 is 20.1 Å². The van der Waals surface area contributed by atoms with Crippen LogP contribution in [-0.4, -0.2) is 36.4 Å². The first kappa shape index (κ1) is 21.3. The number of benzene rings is 1. The summed E-state index contributed by atoms with van der Waals surface area (Å²) in [5, 5.41) is 0.00971. The van der Waals surface area contributed by atoms with Crippen molar-refractivity contribution in [2.75, 3.05) is 6.54 Å². The van der Waals surface area contributed by atoms with Crippen molar-refractivity contribution in [2.24, 2.45) is 11.8 Å². The molecule has 2 atom stereocenters. The van der Waals surface area contributed by atoms with Crippen molar-refractivity contribution in [3.8, 4) is 0 Å². The molecule has 0 saturated heterocycles. The third kappa shape index (κ3) is 4.25. The molecule has 1 fully saturated rings. The molecule has 0 spiro atoms. The molecular weight excluding hydrogens is 366 g/mol. The molecule has 1 aliphatic heterocycles. The summed E-state index contributed by atoms with van der Waals surface area (Å²) in [6, 6.07) is 7.12. The number of amides is 2. The molecule has 0 radical (unpaired) electrons. The van der Waals surface area contributed by atoms with E-state index in [1.165, 1.54) is 30.6 Å². The van der Waals surface area contributed by atoms with Gasteiger partial charge in [0.2, 0.25) is 0 Å². The molecule has 0 bridgehead atoms. The monoisotopic (exact) mass is 401 g/mol. The van der Waals surface area contributed by atoms with Crippen molar-refractivity contribution in [3.63, 3.8) is 0 Å². The van der Waals surface area contributed by atoms with E-state index < -0.39 is 8.32 Å². The molecule has 1 N–H and O–H groups in total. The largest absolute Gasteiger partial charge is 0.432 e. The van der Waals surface area contributed by atoms with Crippen LogP contribution in [0, 0.1) is 11.8 Å². The Labute approximate surface area is 170 Å². The van der Waals surface area contributed by atoms with Crippen LogP contribution in [0.25, 0.3) is 0 Å². The summed E-state index contributed by atoms with van der Waals surface area (Å²) in [6.45, 7) is 9.06. The maximum absolute atomic E-state index is 12.5. The molecule has 2 amide bonds. The lowest BCUT2D eigenvalue weighted by atomic mass is 9.73. The quantitative estimate of drug-likeness (QED) is 0.502. The summed E-state index contributed by atoms with van der Waals surface area (Å²) < 4.78 is 0. The molecule has 154 valence electrons. The fourth-order valence-corrected chi connectivity index (χ4v) is 5.55. The van der Waals surface area contributed by atoms with Gasteiger partial charge in [-0.1, -0.05) is 51.7 Å². The van der Waals surface area contributed by atoms with Crippen molar-refractivity contribution in [3.05, 3.63) is 35.4 Å². The van der Waals surface area contributed by atoms with Crippen LogP contribution in [0.3, 0.4) is 0 Å². The van der Waals surface area contributed by atoms with Crippen LogP contribution < -0.4 is 0 Å². The number of carbonyl (C=O) groups is 2. The lowest BCUT2D eigenvalue weighted by molar-refractivity contribution is 0.0645. The zero-order chi connectivity index (χ0) is 20.5. The van der Waals surface area contributed by atoms with Gasteiger partial charge < -0.3 is 4.80 Å². The summed E-state index contributed by atoms with van der Waals surface area (Å²) in [7, 11) is -2.20. The fraction of sp³-hybridized carbons (Fsp3) is 0.652. The van der Waals surface area contributed by atoms with Crippen molar-refractivity contribution < 1.29 is 14.4 Å². The normalized spacial score (nSPS) is 23.2. The third-order valence-electron chi connectivity index (χ3n) is 7.33. The lowest BCUT2D eigenvalue weighted by Gasteiger charge is -2.42. The first-order valence-electron chi connectivity index (χ1n) is 10.8. The van der Waals surface area contributed by atoms with E-state index in [2.05, 4.69) is 13.8 Å². The van der Waals surface area contributed by atoms with Gasteiger partial charge in [-0.3, -0.25) is 14.5 Å². The smallest absolute Gasteiger partial charge is 0.261 e. The average molecular weight is 402 g/mol. The van der Waals surface area contributed by atoms with E-state index in [9.17, 15) is 14.4 Å². The summed E-state index contributed by atoms with van der Waals surface area (Å²) in [6.07, 6.45) is 8.04. The van der Waals surface area contributed by atoms with Crippen molar-refractivity contribution in [2.45, 2.75) is 76.9 Å². The molecule has 5 heteroatoms. The second-order valence-corrected chi connectivity index (χ2v) is 14.4. The van der Waals surface area contributed by atoms with Crippen molar-refractivity contribution in [1.82, 2.24) is 4.90 Å². The SMILES string of the molecule is CC(C)(C[C@H]1CCCC[C@H]1CCCN1C(=O)c2ccccc2C1=O)[Si](C)(C)O. The molecule has 0 aromatic heterocycles. The summed E-state index contributed by atoms with van der Waals surface area (Å²) in [5.74, 6) is 0.995. The van der Waals surface area contributed by atoms with E-state index >= 15 is 0 Å².